The molecule has 118 valence electrons. The van der Waals surface area contributed by atoms with E-state index in [1.54, 1.807) is 0 Å². The minimum Gasteiger partial charge on any atom is -0.312 e. The lowest BCUT2D eigenvalue weighted by Crippen LogP contribution is -2.60. The highest BCUT2D eigenvalue weighted by molar-refractivity contribution is 4.99. The third-order valence-electron chi connectivity index (χ3n) is 5.69. The van der Waals surface area contributed by atoms with Crippen molar-refractivity contribution >= 4 is 0 Å². The van der Waals surface area contributed by atoms with Crippen LogP contribution in [0.5, 0.6) is 0 Å². The van der Waals surface area contributed by atoms with Gasteiger partial charge in [-0.15, -0.1) is 0 Å². The van der Waals surface area contributed by atoms with E-state index in [0.29, 0.717) is 11.5 Å². The van der Waals surface area contributed by atoms with Crippen LogP contribution in [0, 0.1) is 5.41 Å². The summed E-state index contributed by atoms with van der Waals surface area (Å²) < 4.78 is 0. The summed E-state index contributed by atoms with van der Waals surface area (Å²) in [5, 5.41) is 3.91. The molecule has 0 aromatic carbocycles. The van der Waals surface area contributed by atoms with Crippen LogP contribution in [0.15, 0.2) is 0 Å². The van der Waals surface area contributed by atoms with Gasteiger partial charge in [-0.3, -0.25) is 4.90 Å². The number of hydrogen-bond acceptors (Lipinski definition) is 2. The first kappa shape index (κ1) is 16.3. The highest BCUT2D eigenvalue weighted by atomic mass is 15.2. The molecule has 2 rings (SSSR count). The lowest BCUT2D eigenvalue weighted by molar-refractivity contribution is 0.0286. The Labute approximate surface area is 126 Å². The van der Waals surface area contributed by atoms with Gasteiger partial charge in [-0.2, -0.15) is 0 Å². The molecule has 2 nitrogen and oxygen atoms in total. The first-order valence-electron chi connectivity index (χ1n) is 9.05. The molecule has 0 radical (unpaired) electrons. The number of likely N-dealkylation sites (tertiary alicyclic amines) is 1. The standard InChI is InChI=1S/C18H36N2/c1-5-13-19-17-16(11-9-12-18(17,3)4)20-14-8-6-7-10-15(20)2/h15-17,19H,5-14H2,1-4H3. The smallest absolute Gasteiger partial charge is 0.0274 e. The molecule has 3 atom stereocenters. The van der Waals surface area contributed by atoms with Gasteiger partial charge in [0.15, 0.2) is 0 Å². The second kappa shape index (κ2) is 7.26. The first-order valence-corrected chi connectivity index (χ1v) is 9.05. The predicted octanol–water partition coefficient (Wildman–Crippen LogP) is 4.20. The molecule has 0 aromatic heterocycles. The predicted molar refractivity (Wildman–Crippen MR) is 88.1 cm³/mol. The molecule has 1 saturated heterocycles. The molecule has 1 saturated carbocycles. The van der Waals surface area contributed by atoms with Gasteiger partial charge >= 0.3 is 0 Å². The first-order chi connectivity index (χ1) is 9.56. The molecule has 0 amide bonds. The summed E-state index contributed by atoms with van der Waals surface area (Å²) in [7, 11) is 0. The van der Waals surface area contributed by atoms with Crippen molar-refractivity contribution in [3.05, 3.63) is 0 Å². The van der Waals surface area contributed by atoms with Gasteiger partial charge < -0.3 is 5.32 Å². The maximum atomic E-state index is 3.91. The van der Waals surface area contributed by atoms with E-state index in [1.165, 1.54) is 64.5 Å². The minimum absolute atomic E-state index is 0.449. The Balaban J connectivity index is 2.12. The van der Waals surface area contributed by atoms with Crippen LogP contribution in [0.25, 0.3) is 0 Å². The molecular weight excluding hydrogens is 244 g/mol. The Kier molecular flexibility index (Phi) is 5.92. The fraction of sp³-hybridized carbons (Fsp3) is 1.00. The molecule has 1 heterocycles. The largest absolute Gasteiger partial charge is 0.312 e. The van der Waals surface area contributed by atoms with Crippen molar-refractivity contribution in [1.29, 1.82) is 0 Å². The summed E-state index contributed by atoms with van der Waals surface area (Å²) in [5.41, 5.74) is 0.449. The molecule has 0 aromatic rings. The van der Waals surface area contributed by atoms with Gasteiger partial charge in [0.05, 0.1) is 0 Å². The second-order valence-electron chi connectivity index (χ2n) is 7.82. The average molecular weight is 280 g/mol. The van der Waals surface area contributed by atoms with Crippen LogP contribution in [0.2, 0.25) is 0 Å². The summed E-state index contributed by atoms with van der Waals surface area (Å²) in [4.78, 5) is 2.86. The van der Waals surface area contributed by atoms with Crippen molar-refractivity contribution in [3.8, 4) is 0 Å². The summed E-state index contributed by atoms with van der Waals surface area (Å²) in [5.74, 6) is 0. The maximum Gasteiger partial charge on any atom is 0.0274 e. The molecule has 0 bridgehead atoms. The van der Waals surface area contributed by atoms with Crippen LogP contribution in [0.3, 0.4) is 0 Å². The normalized spacial score (nSPS) is 35.7. The van der Waals surface area contributed by atoms with E-state index in [0.717, 1.165) is 12.1 Å². The SMILES string of the molecule is CCCNC1C(N2CCCCCC2C)CCCC1(C)C. The third-order valence-corrected chi connectivity index (χ3v) is 5.69. The fourth-order valence-electron chi connectivity index (χ4n) is 4.47. The van der Waals surface area contributed by atoms with Gasteiger partial charge in [-0.05, 0) is 57.5 Å². The molecule has 2 heteroatoms. The van der Waals surface area contributed by atoms with E-state index in [9.17, 15) is 0 Å². The lowest BCUT2D eigenvalue weighted by Gasteiger charge is -2.50. The van der Waals surface area contributed by atoms with Crippen molar-refractivity contribution in [1.82, 2.24) is 10.2 Å². The third kappa shape index (κ3) is 3.76. The van der Waals surface area contributed by atoms with Crippen LogP contribution < -0.4 is 5.32 Å². The number of nitrogens with zero attached hydrogens (tertiary/aromatic N) is 1. The lowest BCUT2D eigenvalue weighted by atomic mass is 9.70. The van der Waals surface area contributed by atoms with Gasteiger partial charge in [0.25, 0.3) is 0 Å². The second-order valence-corrected chi connectivity index (χ2v) is 7.82. The maximum absolute atomic E-state index is 3.91. The molecule has 1 aliphatic heterocycles. The zero-order valence-corrected chi connectivity index (χ0v) is 14.3. The molecule has 1 aliphatic carbocycles. The Morgan fingerprint density at radius 1 is 1.10 bits per heavy atom. The quantitative estimate of drug-likeness (QED) is 0.830. The van der Waals surface area contributed by atoms with E-state index in [1.807, 2.05) is 0 Å². The molecule has 1 N–H and O–H groups in total. The topological polar surface area (TPSA) is 15.3 Å². The zero-order valence-electron chi connectivity index (χ0n) is 14.3. The average Bonchev–Trinajstić information content (AvgIpc) is 2.61. The van der Waals surface area contributed by atoms with Crippen molar-refractivity contribution < 1.29 is 0 Å². The van der Waals surface area contributed by atoms with Crippen molar-refractivity contribution in [3.63, 3.8) is 0 Å². The monoisotopic (exact) mass is 280 g/mol. The fourth-order valence-corrected chi connectivity index (χ4v) is 4.47. The highest BCUT2D eigenvalue weighted by Gasteiger charge is 2.42. The molecule has 2 fully saturated rings. The van der Waals surface area contributed by atoms with Crippen molar-refractivity contribution in [2.24, 2.45) is 5.41 Å². The number of nitrogens with one attached hydrogen (secondary N) is 1. The molecule has 2 aliphatic rings. The highest BCUT2D eigenvalue weighted by Crippen LogP contribution is 2.39. The molecule has 3 unspecified atom stereocenters. The van der Waals surface area contributed by atoms with Crippen LogP contribution in [-0.4, -0.2) is 36.1 Å². The molecular formula is C18H36N2. The summed E-state index contributed by atoms with van der Waals surface area (Å²) >= 11 is 0. The number of hydrogen-bond donors (Lipinski definition) is 1. The van der Waals surface area contributed by atoms with Crippen LogP contribution >= 0.6 is 0 Å². The summed E-state index contributed by atoms with van der Waals surface area (Å²) in [6, 6.07) is 2.22. The number of rotatable bonds is 4. The van der Waals surface area contributed by atoms with Gasteiger partial charge in [0.1, 0.15) is 0 Å². The Hall–Kier alpha value is -0.0800. The van der Waals surface area contributed by atoms with Crippen LogP contribution in [0.4, 0.5) is 0 Å². The summed E-state index contributed by atoms with van der Waals surface area (Å²) in [6.45, 7) is 12.2. The van der Waals surface area contributed by atoms with Crippen LogP contribution in [0.1, 0.15) is 79.1 Å². The van der Waals surface area contributed by atoms with E-state index in [2.05, 4.69) is 37.9 Å². The van der Waals surface area contributed by atoms with E-state index in [-0.39, 0.29) is 0 Å². The van der Waals surface area contributed by atoms with E-state index >= 15 is 0 Å². The van der Waals surface area contributed by atoms with Crippen LogP contribution in [-0.2, 0) is 0 Å². The Morgan fingerprint density at radius 2 is 1.90 bits per heavy atom. The van der Waals surface area contributed by atoms with E-state index in [4.69, 9.17) is 0 Å². The van der Waals surface area contributed by atoms with Gasteiger partial charge in [-0.25, -0.2) is 0 Å². The van der Waals surface area contributed by atoms with Gasteiger partial charge in [-0.1, -0.05) is 40.0 Å². The Bertz CT molecular complexity index is 287. The zero-order chi connectivity index (χ0) is 14.6. The van der Waals surface area contributed by atoms with Gasteiger partial charge in [0, 0.05) is 18.1 Å². The van der Waals surface area contributed by atoms with E-state index < -0.39 is 0 Å². The van der Waals surface area contributed by atoms with Crippen molar-refractivity contribution in [2.45, 2.75) is 97.2 Å². The van der Waals surface area contributed by atoms with Crippen molar-refractivity contribution in [2.75, 3.05) is 13.1 Å². The molecule has 20 heavy (non-hydrogen) atoms. The van der Waals surface area contributed by atoms with Gasteiger partial charge in [0.2, 0.25) is 0 Å². The molecule has 0 spiro atoms. The Morgan fingerprint density at radius 3 is 2.65 bits per heavy atom. The minimum atomic E-state index is 0.449. The summed E-state index contributed by atoms with van der Waals surface area (Å²) in [6.07, 6.45) is 11.1.